The van der Waals surface area contributed by atoms with Gasteiger partial charge in [-0.2, -0.15) is 0 Å². The Morgan fingerprint density at radius 3 is 2.36 bits per heavy atom. The van der Waals surface area contributed by atoms with Gasteiger partial charge in [-0.3, -0.25) is 4.90 Å². The third kappa shape index (κ3) is 6.64. The van der Waals surface area contributed by atoms with Crippen LogP contribution in [0.5, 0.6) is 0 Å². The molecule has 1 amide bonds. The number of hydrogen-bond acceptors (Lipinski definition) is 8. The first kappa shape index (κ1) is 24.9. The molecule has 2 heterocycles. The van der Waals surface area contributed by atoms with Crippen LogP contribution in [0.2, 0.25) is 0 Å². The summed E-state index contributed by atoms with van der Waals surface area (Å²) in [6.07, 6.45) is 4.82. The van der Waals surface area contributed by atoms with E-state index >= 15 is 0 Å². The summed E-state index contributed by atoms with van der Waals surface area (Å²) in [5, 5.41) is 3.05. The number of carbonyl (C=O) groups is 1. The van der Waals surface area contributed by atoms with Crippen LogP contribution in [-0.4, -0.2) is 59.6 Å². The SMILES string of the molecule is CC(C)(C)OC(=O)N1[C@@H](CCc2ccc(Nc3ncc(S(C)(=O)=O)cn3)cc2)COC1(C)C. The number of hydrogen-bond donors (Lipinski definition) is 1. The Kier molecular flexibility index (Phi) is 6.99. The third-order valence-corrected chi connectivity index (χ3v) is 6.26. The van der Waals surface area contributed by atoms with Gasteiger partial charge >= 0.3 is 6.09 Å². The number of aromatic nitrogens is 2. The molecule has 1 atom stereocenters. The molecular weight excluding hydrogens is 444 g/mol. The fourth-order valence-corrected chi connectivity index (χ4v) is 4.05. The average Bonchev–Trinajstić information content (AvgIpc) is 3.00. The number of amides is 1. The topological polar surface area (TPSA) is 111 Å². The fraction of sp³-hybridized carbons (Fsp3) is 0.522. The minimum absolute atomic E-state index is 0.0721. The van der Waals surface area contributed by atoms with E-state index in [0.717, 1.165) is 30.3 Å². The second-order valence-corrected chi connectivity index (χ2v) is 11.7. The highest BCUT2D eigenvalue weighted by molar-refractivity contribution is 7.90. The van der Waals surface area contributed by atoms with E-state index < -0.39 is 21.2 Å². The summed E-state index contributed by atoms with van der Waals surface area (Å²) in [6.45, 7) is 9.77. The Bertz CT molecular complexity index is 1080. The van der Waals surface area contributed by atoms with Gasteiger partial charge in [0, 0.05) is 11.9 Å². The van der Waals surface area contributed by atoms with Crippen LogP contribution in [0.15, 0.2) is 41.6 Å². The minimum atomic E-state index is -3.33. The van der Waals surface area contributed by atoms with Gasteiger partial charge in [0.1, 0.15) is 16.2 Å². The number of rotatable bonds is 6. The Balaban J connectivity index is 1.60. The van der Waals surface area contributed by atoms with Crippen molar-refractivity contribution >= 4 is 27.6 Å². The Morgan fingerprint density at radius 2 is 1.82 bits per heavy atom. The Hall–Kier alpha value is -2.72. The average molecular weight is 477 g/mol. The summed E-state index contributed by atoms with van der Waals surface area (Å²) in [5.41, 5.74) is 0.611. The lowest BCUT2D eigenvalue weighted by atomic mass is 10.0. The molecular formula is C23H32N4O5S. The van der Waals surface area contributed by atoms with E-state index in [2.05, 4.69) is 15.3 Å². The molecule has 1 aromatic heterocycles. The molecule has 0 aliphatic carbocycles. The molecule has 10 heteroatoms. The first-order chi connectivity index (χ1) is 15.2. The monoisotopic (exact) mass is 476 g/mol. The van der Waals surface area contributed by atoms with Crippen LogP contribution in [0.4, 0.5) is 16.4 Å². The number of carbonyl (C=O) groups excluding carboxylic acids is 1. The molecule has 3 rings (SSSR count). The van der Waals surface area contributed by atoms with Crippen molar-refractivity contribution in [2.24, 2.45) is 0 Å². The van der Waals surface area contributed by atoms with Crippen LogP contribution >= 0.6 is 0 Å². The number of ether oxygens (including phenoxy) is 2. The summed E-state index contributed by atoms with van der Waals surface area (Å²) in [7, 11) is -3.33. The zero-order valence-corrected chi connectivity index (χ0v) is 20.8. The van der Waals surface area contributed by atoms with E-state index in [1.54, 1.807) is 4.90 Å². The molecule has 0 bridgehead atoms. The van der Waals surface area contributed by atoms with Crippen LogP contribution < -0.4 is 5.32 Å². The fourth-order valence-electron chi connectivity index (χ4n) is 3.57. The number of nitrogens with one attached hydrogen (secondary N) is 1. The van der Waals surface area contributed by atoms with E-state index in [1.165, 1.54) is 12.4 Å². The standard InChI is InChI=1S/C23H32N4O5S/c1-22(2,3)32-21(28)27-18(15-31-23(27,4)5)12-9-16-7-10-17(11-8-16)26-20-24-13-19(14-25-20)33(6,29)30/h7-8,10-11,13-14,18H,9,12,15H2,1-6H3,(H,24,25,26)/t18-/m0/s1. The quantitative estimate of drug-likeness (QED) is 0.668. The van der Waals surface area contributed by atoms with Crippen molar-refractivity contribution in [3.63, 3.8) is 0 Å². The van der Waals surface area contributed by atoms with Gasteiger partial charge in [0.05, 0.1) is 25.0 Å². The van der Waals surface area contributed by atoms with Gasteiger partial charge in [-0.15, -0.1) is 0 Å². The summed E-state index contributed by atoms with van der Waals surface area (Å²) in [6, 6.07) is 7.72. The maximum Gasteiger partial charge on any atom is 0.412 e. The van der Waals surface area contributed by atoms with Crippen molar-refractivity contribution in [1.82, 2.24) is 14.9 Å². The predicted molar refractivity (Wildman–Crippen MR) is 125 cm³/mol. The lowest BCUT2D eigenvalue weighted by Gasteiger charge is -2.35. The van der Waals surface area contributed by atoms with Gasteiger partial charge in [-0.25, -0.2) is 23.2 Å². The number of nitrogens with zero attached hydrogens (tertiary/aromatic N) is 3. The highest BCUT2D eigenvalue weighted by Gasteiger charge is 2.45. The molecule has 9 nitrogen and oxygen atoms in total. The molecule has 0 unspecified atom stereocenters. The first-order valence-corrected chi connectivity index (χ1v) is 12.7. The van der Waals surface area contributed by atoms with Crippen LogP contribution in [0, 0.1) is 0 Å². The van der Waals surface area contributed by atoms with Crippen LogP contribution in [0.25, 0.3) is 0 Å². The van der Waals surface area contributed by atoms with E-state index in [1.807, 2.05) is 58.9 Å². The number of benzene rings is 1. The number of aryl methyl sites for hydroxylation is 1. The molecule has 1 aliphatic heterocycles. The predicted octanol–water partition coefficient (Wildman–Crippen LogP) is 3.93. The summed E-state index contributed by atoms with van der Waals surface area (Å²) >= 11 is 0. The van der Waals surface area contributed by atoms with Crippen LogP contribution in [-0.2, 0) is 25.7 Å². The molecule has 1 aromatic carbocycles. The van der Waals surface area contributed by atoms with Gasteiger partial charge in [-0.05, 0) is 65.2 Å². The van der Waals surface area contributed by atoms with Crippen molar-refractivity contribution in [2.75, 3.05) is 18.2 Å². The van der Waals surface area contributed by atoms with E-state index in [9.17, 15) is 13.2 Å². The second kappa shape index (κ2) is 9.26. The van der Waals surface area contributed by atoms with Crippen molar-refractivity contribution in [3.05, 3.63) is 42.2 Å². The summed E-state index contributed by atoms with van der Waals surface area (Å²) < 4.78 is 34.5. The number of anilines is 2. The molecule has 33 heavy (non-hydrogen) atoms. The highest BCUT2D eigenvalue weighted by Crippen LogP contribution is 2.31. The molecule has 0 radical (unpaired) electrons. The molecule has 1 aliphatic rings. The summed E-state index contributed by atoms with van der Waals surface area (Å²) in [5.74, 6) is 0.313. The van der Waals surface area contributed by atoms with Gasteiger partial charge in [0.2, 0.25) is 5.95 Å². The van der Waals surface area contributed by atoms with Gasteiger partial charge in [0.15, 0.2) is 9.84 Å². The number of sulfone groups is 1. The molecule has 1 saturated heterocycles. The Morgan fingerprint density at radius 1 is 1.21 bits per heavy atom. The lowest BCUT2D eigenvalue weighted by molar-refractivity contribution is -0.0626. The van der Waals surface area contributed by atoms with Crippen molar-refractivity contribution in [3.8, 4) is 0 Å². The molecule has 1 fully saturated rings. The molecule has 1 N–H and O–H groups in total. The minimum Gasteiger partial charge on any atom is -0.444 e. The first-order valence-electron chi connectivity index (χ1n) is 10.8. The van der Waals surface area contributed by atoms with Gasteiger partial charge in [0.25, 0.3) is 0 Å². The maximum atomic E-state index is 12.8. The van der Waals surface area contributed by atoms with Gasteiger partial charge < -0.3 is 14.8 Å². The zero-order valence-electron chi connectivity index (χ0n) is 20.0. The summed E-state index contributed by atoms with van der Waals surface area (Å²) in [4.78, 5) is 22.6. The zero-order chi connectivity index (χ0) is 24.4. The second-order valence-electron chi connectivity index (χ2n) is 9.64. The molecule has 180 valence electrons. The normalized spacial score (nSPS) is 18.2. The largest absolute Gasteiger partial charge is 0.444 e. The maximum absolute atomic E-state index is 12.8. The lowest BCUT2D eigenvalue weighted by Crippen LogP contribution is -2.49. The van der Waals surface area contributed by atoms with Gasteiger partial charge in [-0.1, -0.05) is 12.1 Å². The third-order valence-electron chi connectivity index (χ3n) is 5.20. The molecule has 2 aromatic rings. The Labute approximate surface area is 195 Å². The van der Waals surface area contributed by atoms with Crippen molar-refractivity contribution in [1.29, 1.82) is 0 Å². The van der Waals surface area contributed by atoms with Crippen LogP contribution in [0.1, 0.15) is 46.6 Å². The molecule has 0 saturated carbocycles. The molecule has 0 spiro atoms. The van der Waals surface area contributed by atoms with Crippen molar-refractivity contribution < 1.29 is 22.7 Å². The van der Waals surface area contributed by atoms with E-state index in [4.69, 9.17) is 9.47 Å². The highest BCUT2D eigenvalue weighted by atomic mass is 32.2. The smallest absolute Gasteiger partial charge is 0.412 e. The van der Waals surface area contributed by atoms with E-state index in [0.29, 0.717) is 12.6 Å². The van der Waals surface area contributed by atoms with Crippen LogP contribution in [0.3, 0.4) is 0 Å². The van der Waals surface area contributed by atoms with E-state index in [-0.39, 0.29) is 17.0 Å². The van der Waals surface area contributed by atoms with Crippen molar-refractivity contribution in [2.45, 2.75) is 69.7 Å².